The zero-order valence-corrected chi connectivity index (χ0v) is 13.7. The number of piperidine rings is 1. The summed E-state index contributed by atoms with van der Waals surface area (Å²) in [6.45, 7) is 2.87. The number of fused-ring (bicyclic) bond motifs is 1. The summed E-state index contributed by atoms with van der Waals surface area (Å²) in [5.74, 6) is 0.0963. The van der Waals surface area contributed by atoms with Crippen LogP contribution in [0.25, 0.3) is 0 Å². The smallest absolute Gasteiger partial charge is 0.263 e. The van der Waals surface area contributed by atoms with Gasteiger partial charge in [0.25, 0.3) is 10.0 Å². The van der Waals surface area contributed by atoms with Gasteiger partial charge in [-0.15, -0.1) is 0 Å². The second kappa shape index (κ2) is 5.93. The number of nitrogens with zero attached hydrogens (tertiary/aromatic N) is 2. The summed E-state index contributed by atoms with van der Waals surface area (Å²) >= 11 is 0. The minimum Gasteiger partial charge on any atom is -0.339 e. The summed E-state index contributed by atoms with van der Waals surface area (Å²) in [6.07, 6.45) is 1.80. The number of amidine groups is 1. The van der Waals surface area contributed by atoms with Crippen LogP contribution in [0.3, 0.4) is 0 Å². The summed E-state index contributed by atoms with van der Waals surface area (Å²) < 4.78 is 26.5. The van der Waals surface area contributed by atoms with Crippen LogP contribution in [-0.4, -0.2) is 50.2 Å². The van der Waals surface area contributed by atoms with Crippen LogP contribution in [0.2, 0.25) is 0 Å². The van der Waals surface area contributed by atoms with Gasteiger partial charge in [0.15, 0.2) is 0 Å². The molecular weight excluding hydrogens is 316 g/mol. The number of benzene rings is 1. The summed E-state index contributed by atoms with van der Waals surface area (Å²) in [5, 5.41) is 0. The van der Waals surface area contributed by atoms with Crippen molar-refractivity contribution in [3.8, 4) is 0 Å². The molecule has 1 saturated heterocycles. The molecule has 0 bridgehead atoms. The number of nitrogens with one attached hydrogen (secondary N) is 1. The van der Waals surface area contributed by atoms with Gasteiger partial charge < -0.3 is 10.6 Å². The number of carbonyl (C=O) groups excluding carboxylic acids is 1. The molecule has 3 rings (SSSR count). The lowest BCUT2D eigenvalue weighted by molar-refractivity contribution is -0.133. The van der Waals surface area contributed by atoms with Crippen molar-refractivity contribution in [3.05, 3.63) is 29.8 Å². The van der Waals surface area contributed by atoms with E-state index in [-0.39, 0.29) is 22.7 Å². The lowest BCUT2D eigenvalue weighted by Gasteiger charge is -2.31. The molecule has 1 aromatic carbocycles. The zero-order chi connectivity index (χ0) is 16.6. The number of hydrogen-bond acceptors (Lipinski definition) is 5. The molecule has 2 aliphatic heterocycles. The molecule has 2 atom stereocenters. The highest BCUT2D eigenvalue weighted by molar-refractivity contribution is 7.90. The molecule has 0 aromatic heterocycles. The molecule has 0 aliphatic carbocycles. The number of nitrogens with two attached hydrogens (primary N) is 1. The minimum absolute atomic E-state index is 0.00161. The molecule has 23 heavy (non-hydrogen) atoms. The van der Waals surface area contributed by atoms with Gasteiger partial charge in [-0.3, -0.25) is 14.5 Å². The van der Waals surface area contributed by atoms with Gasteiger partial charge in [0.1, 0.15) is 11.9 Å². The quantitative estimate of drug-likeness (QED) is 0.797. The second-order valence-electron chi connectivity index (χ2n) is 5.94. The Hall–Kier alpha value is -1.93. The summed E-state index contributed by atoms with van der Waals surface area (Å²) in [6, 6.07) is 5.94. The first-order valence-electron chi connectivity index (χ1n) is 7.63. The molecule has 124 valence electrons. The highest BCUT2D eigenvalue weighted by atomic mass is 32.2. The van der Waals surface area contributed by atoms with Gasteiger partial charge in [-0.1, -0.05) is 12.1 Å². The average Bonchev–Trinajstić information content (AvgIpc) is 2.78. The number of aliphatic imine (C=N–C) groups is 1. The summed E-state index contributed by atoms with van der Waals surface area (Å²) in [7, 11) is -3.59. The lowest BCUT2D eigenvalue weighted by atomic mass is 10.1. The van der Waals surface area contributed by atoms with E-state index >= 15 is 0 Å². The fraction of sp³-hybridized carbons (Fsp3) is 0.467. The maximum absolute atomic E-state index is 12.5. The standard InChI is InChI=1S/C15H20N4O3S/c1-10(15(20)19-8-4-5-11(16)9-19)17-14-12-6-2-3-7-13(12)23(21,22)18-14/h2-3,6-7,10-11H,4-5,8-9,16H2,1H3,(H,17,18). The summed E-state index contributed by atoms with van der Waals surface area (Å²) in [4.78, 5) is 18.7. The largest absolute Gasteiger partial charge is 0.339 e. The summed E-state index contributed by atoms with van der Waals surface area (Å²) in [5.41, 5.74) is 6.41. The van der Waals surface area contributed by atoms with Crippen LogP contribution in [-0.2, 0) is 14.8 Å². The Labute approximate surface area is 135 Å². The molecule has 0 radical (unpaired) electrons. The van der Waals surface area contributed by atoms with E-state index in [4.69, 9.17) is 5.73 Å². The Morgan fingerprint density at radius 2 is 2.17 bits per heavy atom. The van der Waals surface area contributed by atoms with E-state index in [1.807, 2.05) is 0 Å². The van der Waals surface area contributed by atoms with E-state index in [2.05, 4.69) is 9.71 Å². The first kappa shape index (κ1) is 15.9. The fourth-order valence-corrected chi connectivity index (χ4v) is 4.19. The Balaban J connectivity index is 1.83. The van der Waals surface area contributed by atoms with E-state index in [0.29, 0.717) is 18.7 Å². The van der Waals surface area contributed by atoms with Gasteiger partial charge in [0, 0.05) is 24.7 Å². The maximum Gasteiger partial charge on any atom is 0.263 e. The van der Waals surface area contributed by atoms with E-state index in [0.717, 1.165) is 12.8 Å². The van der Waals surface area contributed by atoms with Crippen LogP contribution >= 0.6 is 0 Å². The van der Waals surface area contributed by atoms with Gasteiger partial charge in [0.2, 0.25) is 5.91 Å². The molecule has 2 aliphatic rings. The molecular formula is C15H20N4O3S. The number of sulfonamides is 1. The van der Waals surface area contributed by atoms with Crippen molar-refractivity contribution < 1.29 is 13.2 Å². The molecule has 2 unspecified atom stereocenters. The zero-order valence-electron chi connectivity index (χ0n) is 12.9. The predicted molar refractivity (Wildman–Crippen MR) is 86.6 cm³/mol. The van der Waals surface area contributed by atoms with Gasteiger partial charge >= 0.3 is 0 Å². The van der Waals surface area contributed by atoms with E-state index < -0.39 is 16.1 Å². The van der Waals surface area contributed by atoms with Crippen molar-refractivity contribution in [1.29, 1.82) is 0 Å². The van der Waals surface area contributed by atoms with Crippen LogP contribution in [0.15, 0.2) is 34.2 Å². The van der Waals surface area contributed by atoms with Crippen LogP contribution in [0.4, 0.5) is 0 Å². The number of rotatable bonds is 2. The molecule has 8 heteroatoms. The lowest BCUT2D eigenvalue weighted by Crippen LogP contribution is -2.48. The van der Waals surface area contributed by atoms with Crippen molar-refractivity contribution >= 4 is 21.8 Å². The molecule has 7 nitrogen and oxygen atoms in total. The number of amides is 1. The normalized spacial score (nSPS) is 25.7. The van der Waals surface area contributed by atoms with Crippen molar-refractivity contribution in [2.75, 3.05) is 13.1 Å². The Morgan fingerprint density at radius 3 is 2.91 bits per heavy atom. The van der Waals surface area contributed by atoms with Gasteiger partial charge in [0.05, 0.1) is 4.90 Å². The van der Waals surface area contributed by atoms with E-state index in [1.165, 1.54) is 6.07 Å². The average molecular weight is 336 g/mol. The Kier molecular flexibility index (Phi) is 4.11. The van der Waals surface area contributed by atoms with Crippen LogP contribution in [0.1, 0.15) is 25.3 Å². The molecule has 1 aromatic rings. The monoisotopic (exact) mass is 336 g/mol. The van der Waals surface area contributed by atoms with Crippen molar-refractivity contribution in [2.24, 2.45) is 10.7 Å². The topological polar surface area (TPSA) is 105 Å². The highest BCUT2D eigenvalue weighted by Gasteiger charge is 2.32. The Bertz CT molecular complexity index is 760. The molecule has 0 spiro atoms. The second-order valence-corrected chi connectivity index (χ2v) is 7.59. The van der Waals surface area contributed by atoms with Crippen LogP contribution < -0.4 is 10.5 Å². The van der Waals surface area contributed by atoms with Crippen molar-refractivity contribution in [3.63, 3.8) is 0 Å². The first-order valence-corrected chi connectivity index (χ1v) is 9.11. The molecule has 1 amide bonds. The number of carbonyl (C=O) groups is 1. The highest BCUT2D eigenvalue weighted by Crippen LogP contribution is 2.23. The SMILES string of the molecule is CC(N=C1NS(=O)(=O)c2ccccc21)C(=O)N1CCCC(N)C1. The first-order chi connectivity index (χ1) is 10.9. The van der Waals surface area contributed by atoms with E-state index in [9.17, 15) is 13.2 Å². The predicted octanol–water partition coefficient (Wildman–Crippen LogP) is 0.0633. The van der Waals surface area contributed by atoms with Gasteiger partial charge in [-0.25, -0.2) is 8.42 Å². The molecule has 3 N–H and O–H groups in total. The third-order valence-electron chi connectivity index (χ3n) is 4.11. The number of likely N-dealkylation sites (tertiary alicyclic amines) is 1. The van der Waals surface area contributed by atoms with Gasteiger partial charge in [-0.05, 0) is 31.9 Å². The van der Waals surface area contributed by atoms with Crippen molar-refractivity contribution in [2.45, 2.75) is 36.7 Å². The third-order valence-corrected chi connectivity index (χ3v) is 5.51. The molecule has 1 fully saturated rings. The van der Waals surface area contributed by atoms with Crippen LogP contribution in [0.5, 0.6) is 0 Å². The third kappa shape index (κ3) is 3.09. The molecule has 2 heterocycles. The van der Waals surface area contributed by atoms with Crippen molar-refractivity contribution in [1.82, 2.24) is 9.62 Å². The minimum atomic E-state index is -3.59. The fourth-order valence-electron chi connectivity index (χ4n) is 2.95. The van der Waals surface area contributed by atoms with Gasteiger partial charge in [-0.2, -0.15) is 0 Å². The Morgan fingerprint density at radius 1 is 1.43 bits per heavy atom. The van der Waals surface area contributed by atoms with E-state index in [1.54, 1.807) is 30.0 Å². The van der Waals surface area contributed by atoms with Crippen LogP contribution in [0, 0.1) is 0 Å². The maximum atomic E-state index is 12.5. The molecule has 0 saturated carbocycles. The number of hydrogen-bond donors (Lipinski definition) is 2.